The minimum absolute atomic E-state index is 0.0683. The molecule has 4 nitrogen and oxygen atoms in total. The molecule has 0 amide bonds. The molecule has 0 aliphatic heterocycles. The average molecular weight is 229 g/mol. The largest absolute Gasteiger partial charge is 0.463 e. The van der Waals surface area contributed by atoms with Crippen molar-refractivity contribution in [2.45, 2.75) is 12.5 Å². The number of carbonyl (C=O) groups excluding carboxylic acids is 1. The van der Waals surface area contributed by atoms with Gasteiger partial charge >= 0.3 is 5.97 Å². The van der Waals surface area contributed by atoms with Crippen molar-refractivity contribution >= 4 is 29.2 Å². The molecule has 0 saturated carbocycles. The Labute approximate surface area is 85.7 Å². The fourth-order valence-corrected chi connectivity index (χ4v) is 0.716. The zero-order valence-electron chi connectivity index (χ0n) is 6.74. The van der Waals surface area contributed by atoms with Crippen molar-refractivity contribution in [1.29, 1.82) is 0 Å². The Morgan fingerprint density at radius 3 is 2.62 bits per heavy atom. The highest BCUT2D eigenvalue weighted by Crippen LogP contribution is 2.07. The van der Waals surface area contributed by atoms with Crippen LogP contribution in [0, 0.1) is 0 Å². The van der Waals surface area contributed by atoms with Gasteiger partial charge in [-0.05, 0) is 0 Å². The summed E-state index contributed by atoms with van der Waals surface area (Å²) in [6, 6.07) is 0. The van der Waals surface area contributed by atoms with E-state index in [-0.39, 0.29) is 11.1 Å². The van der Waals surface area contributed by atoms with Gasteiger partial charge in [0.05, 0.1) is 13.2 Å². The highest BCUT2D eigenvalue weighted by molar-refractivity contribution is 6.55. The van der Waals surface area contributed by atoms with Crippen molar-refractivity contribution in [3.8, 4) is 0 Å². The number of aliphatic hydroxyl groups excluding tert-OH is 2. The standard InChI is InChI=1S/C7H10Cl2O4/c8-6(9)2-1-3-13-7(12)5(11)4-10/h2,5,10-11H,1,3-4H2. The molecule has 0 aliphatic rings. The minimum Gasteiger partial charge on any atom is -0.463 e. The lowest BCUT2D eigenvalue weighted by Crippen LogP contribution is -2.26. The molecule has 6 heteroatoms. The molecular formula is C7H10Cl2O4. The van der Waals surface area contributed by atoms with Crippen molar-refractivity contribution in [2.75, 3.05) is 13.2 Å². The Hall–Kier alpha value is -0.290. The molecule has 1 unspecified atom stereocenters. The first-order valence-electron chi connectivity index (χ1n) is 3.54. The fraction of sp³-hybridized carbons (Fsp3) is 0.571. The van der Waals surface area contributed by atoms with E-state index in [4.69, 9.17) is 33.4 Å². The third-order valence-electron chi connectivity index (χ3n) is 1.11. The summed E-state index contributed by atoms with van der Waals surface area (Å²) >= 11 is 10.6. The smallest absolute Gasteiger partial charge is 0.337 e. The van der Waals surface area contributed by atoms with Crippen LogP contribution in [0.25, 0.3) is 0 Å². The summed E-state index contributed by atoms with van der Waals surface area (Å²) in [6.45, 7) is -0.580. The second-order valence-electron chi connectivity index (χ2n) is 2.15. The van der Waals surface area contributed by atoms with E-state index in [1.165, 1.54) is 6.08 Å². The molecule has 13 heavy (non-hydrogen) atoms. The lowest BCUT2D eigenvalue weighted by Gasteiger charge is -2.06. The van der Waals surface area contributed by atoms with E-state index < -0.39 is 18.7 Å². The second kappa shape index (κ2) is 7.15. The molecule has 0 radical (unpaired) electrons. The van der Waals surface area contributed by atoms with E-state index in [1.807, 2.05) is 0 Å². The van der Waals surface area contributed by atoms with Crippen molar-refractivity contribution in [1.82, 2.24) is 0 Å². The lowest BCUT2D eigenvalue weighted by molar-refractivity contribution is -0.155. The molecule has 0 spiro atoms. The Bertz CT molecular complexity index is 189. The molecule has 0 heterocycles. The van der Waals surface area contributed by atoms with Gasteiger partial charge in [0.15, 0.2) is 6.10 Å². The van der Waals surface area contributed by atoms with Crippen LogP contribution in [-0.2, 0) is 9.53 Å². The van der Waals surface area contributed by atoms with Crippen LogP contribution in [-0.4, -0.2) is 35.5 Å². The fourth-order valence-electron chi connectivity index (χ4n) is 0.498. The first kappa shape index (κ1) is 12.7. The highest BCUT2D eigenvalue weighted by Gasteiger charge is 2.13. The Kier molecular flexibility index (Phi) is 6.99. The van der Waals surface area contributed by atoms with Gasteiger partial charge < -0.3 is 14.9 Å². The maximum atomic E-state index is 10.7. The normalized spacial score (nSPS) is 12.0. The maximum Gasteiger partial charge on any atom is 0.337 e. The van der Waals surface area contributed by atoms with Gasteiger partial charge in [-0.3, -0.25) is 0 Å². The first-order chi connectivity index (χ1) is 6.07. The summed E-state index contributed by atoms with van der Waals surface area (Å²) in [5.41, 5.74) is 0. The number of aliphatic hydroxyl groups is 2. The van der Waals surface area contributed by atoms with Crippen LogP contribution in [0.3, 0.4) is 0 Å². The molecule has 0 rings (SSSR count). The Morgan fingerprint density at radius 2 is 2.15 bits per heavy atom. The predicted octanol–water partition coefficient (Wildman–Crippen LogP) is 0.592. The van der Waals surface area contributed by atoms with Gasteiger partial charge in [0.25, 0.3) is 0 Å². The third-order valence-corrected chi connectivity index (χ3v) is 1.41. The van der Waals surface area contributed by atoms with Gasteiger partial charge in [-0.1, -0.05) is 29.3 Å². The van der Waals surface area contributed by atoms with Crippen molar-refractivity contribution in [2.24, 2.45) is 0 Å². The molecular weight excluding hydrogens is 219 g/mol. The monoisotopic (exact) mass is 228 g/mol. The van der Waals surface area contributed by atoms with Gasteiger partial charge in [-0.2, -0.15) is 0 Å². The summed E-state index contributed by atoms with van der Waals surface area (Å²) in [5, 5.41) is 17.1. The van der Waals surface area contributed by atoms with Gasteiger partial charge in [0.2, 0.25) is 0 Å². The molecule has 0 aromatic rings. The summed E-state index contributed by atoms with van der Waals surface area (Å²) < 4.78 is 4.63. The van der Waals surface area contributed by atoms with Gasteiger partial charge in [-0.15, -0.1) is 0 Å². The van der Waals surface area contributed by atoms with Gasteiger partial charge in [-0.25, -0.2) is 4.79 Å². The third kappa shape index (κ3) is 6.83. The average Bonchev–Trinajstić information content (AvgIpc) is 2.10. The van der Waals surface area contributed by atoms with Crippen LogP contribution < -0.4 is 0 Å². The summed E-state index contributed by atoms with van der Waals surface area (Å²) in [7, 11) is 0. The number of carbonyl (C=O) groups is 1. The van der Waals surface area contributed by atoms with E-state index >= 15 is 0 Å². The molecule has 1 atom stereocenters. The first-order valence-corrected chi connectivity index (χ1v) is 4.30. The summed E-state index contributed by atoms with van der Waals surface area (Å²) in [4.78, 5) is 10.7. The summed E-state index contributed by atoms with van der Waals surface area (Å²) in [5.74, 6) is -0.860. The zero-order valence-corrected chi connectivity index (χ0v) is 8.25. The Balaban J connectivity index is 3.54. The predicted molar refractivity (Wildman–Crippen MR) is 48.5 cm³/mol. The van der Waals surface area contributed by atoms with Crippen molar-refractivity contribution < 1.29 is 19.7 Å². The molecule has 76 valence electrons. The Morgan fingerprint density at radius 1 is 1.54 bits per heavy atom. The lowest BCUT2D eigenvalue weighted by atomic mass is 10.4. The van der Waals surface area contributed by atoms with Crippen LogP contribution >= 0.6 is 23.2 Å². The van der Waals surface area contributed by atoms with Gasteiger partial charge in [0, 0.05) is 6.42 Å². The number of ether oxygens (including phenoxy) is 1. The van der Waals surface area contributed by atoms with Gasteiger partial charge in [0.1, 0.15) is 4.49 Å². The summed E-state index contributed by atoms with van der Waals surface area (Å²) in [6.07, 6.45) is 0.351. The van der Waals surface area contributed by atoms with Crippen LogP contribution in [0.2, 0.25) is 0 Å². The maximum absolute atomic E-state index is 10.7. The number of esters is 1. The number of hydrogen-bond donors (Lipinski definition) is 2. The van der Waals surface area contributed by atoms with Crippen LogP contribution in [0.1, 0.15) is 6.42 Å². The van der Waals surface area contributed by atoms with Crippen LogP contribution in [0.5, 0.6) is 0 Å². The molecule has 2 N–H and O–H groups in total. The second-order valence-corrected chi connectivity index (χ2v) is 3.16. The van der Waals surface area contributed by atoms with Crippen LogP contribution in [0.4, 0.5) is 0 Å². The minimum atomic E-state index is -1.48. The SMILES string of the molecule is O=C(OCCC=C(Cl)Cl)C(O)CO. The van der Waals surface area contributed by atoms with Crippen LogP contribution in [0.15, 0.2) is 10.6 Å². The number of rotatable bonds is 5. The van der Waals surface area contributed by atoms with Crippen molar-refractivity contribution in [3.63, 3.8) is 0 Å². The zero-order chi connectivity index (χ0) is 10.3. The topological polar surface area (TPSA) is 66.8 Å². The van der Waals surface area contributed by atoms with E-state index in [9.17, 15) is 4.79 Å². The molecule has 0 aliphatic carbocycles. The van der Waals surface area contributed by atoms with E-state index in [0.29, 0.717) is 6.42 Å². The van der Waals surface area contributed by atoms with E-state index in [1.54, 1.807) is 0 Å². The molecule has 0 fully saturated rings. The van der Waals surface area contributed by atoms with Crippen molar-refractivity contribution in [3.05, 3.63) is 10.6 Å². The number of hydrogen-bond acceptors (Lipinski definition) is 4. The molecule has 0 aromatic heterocycles. The van der Waals surface area contributed by atoms with E-state index in [0.717, 1.165) is 0 Å². The highest BCUT2D eigenvalue weighted by atomic mass is 35.5. The van der Waals surface area contributed by atoms with E-state index in [2.05, 4.69) is 4.74 Å². The molecule has 0 aromatic carbocycles. The quantitative estimate of drug-likeness (QED) is 0.534. The molecule has 0 bridgehead atoms. The number of halogens is 2. The molecule has 0 saturated heterocycles.